The van der Waals surface area contributed by atoms with Crippen LogP contribution in [-0.4, -0.2) is 41.4 Å². The van der Waals surface area contributed by atoms with E-state index >= 15 is 0 Å². The van der Waals surface area contributed by atoms with Crippen LogP contribution in [0.25, 0.3) is 0 Å². The van der Waals surface area contributed by atoms with Crippen LogP contribution in [0.4, 0.5) is 17.5 Å². The van der Waals surface area contributed by atoms with Crippen molar-refractivity contribution in [2.75, 3.05) is 31.3 Å². The first-order valence-corrected chi connectivity index (χ1v) is 6.39. The maximum absolute atomic E-state index is 11.7. The molecular formula is C12H20N6O3. The van der Waals surface area contributed by atoms with Crippen LogP contribution in [0, 0.1) is 22.5 Å². The molecule has 0 saturated carbocycles. The number of hydrogen-bond acceptors (Lipinski definition) is 7. The van der Waals surface area contributed by atoms with Gasteiger partial charge in [0.1, 0.15) is 5.69 Å². The molecule has 1 heterocycles. The Kier molecular flexibility index (Phi) is 5.01. The van der Waals surface area contributed by atoms with Crippen LogP contribution in [0.15, 0.2) is 0 Å². The van der Waals surface area contributed by atoms with Gasteiger partial charge in [0.15, 0.2) is 0 Å². The van der Waals surface area contributed by atoms with Gasteiger partial charge >= 0.3 is 5.69 Å². The molecule has 0 aliphatic heterocycles. The lowest BCUT2D eigenvalue weighted by atomic mass is 9.92. The molecule has 1 amide bonds. The van der Waals surface area contributed by atoms with Crippen LogP contribution in [-0.2, 0) is 4.79 Å². The molecule has 0 radical (unpaired) electrons. The number of anilines is 2. The molecule has 1 aromatic rings. The predicted molar refractivity (Wildman–Crippen MR) is 79.3 cm³/mol. The van der Waals surface area contributed by atoms with E-state index < -0.39 is 10.3 Å². The SMILES string of the molecule is CNC(=O)C(C)(C)CNc1nc(NC)nc(C)c1[N+](=O)[O-]. The summed E-state index contributed by atoms with van der Waals surface area (Å²) in [5.74, 6) is 0.199. The average molecular weight is 296 g/mol. The fourth-order valence-corrected chi connectivity index (χ4v) is 1.74. The van der Waals surface area contributed by atoms with Crippen molar-refractivity contribution in [1.29, 1.82) is 0 Å². The van der Waals surface area contributed by atoms with Gasteiger partial charge < -0.3 is 16.0 Å². The van der Waals surface area contributed by atoms with E-state index in [4.69, 9.17) is 0 Å². The maximum atomic E-state index is 11.7. The van der Waals surface area contributed by atoms with Crippen molar-refractivity contribution < 1.29 is 9.72 Å². The number of nitrogens with zero attached hydrogens (tertiary/aromatic N) is 3. The summed E-state index contributed by atoms with van der Waals surface area (Å²) in [6, 6.07) is 0. The third kappa shape index (κ3) is 3.77. The second-order valence-electron chi connectivity index (χ2n) is 5.15. The number of carbonyl (C=O) groups excluding carboxylic acids is 1. The second-order valence-corrected chi connectivity index (χ2v) is 5.15. The number of nitro groups is 1. The summed E-state index contributed by atoms with van der Waals surface area (Å²) in [4.78, 5) is 30.4. The highest BCUT2D eigenvalue weighted by Gasteiger charge is 2.29. The Labute approximate surface area is 122 Å². The third-order valence-corrected chi connectivity index (χ3v) is 3.00. The van der Waals surface area contributed by atoms with Gasteiger partial charge in [-0.1, -0.05) is 0 Å². The molecule has 9 nitrogen and oxygen atoms in total. The van der Waals surface area contributed by atoms with E-state index in [9.17, 15) is 14.9 Å². The Morgan fingerprint density at radius 1 is 1.33 bits per heavy atom. The Hall–Kier alpha value is -2.45. The van der Waals surface area contributed by atoms with Crippen molar-refractivity contribution in [3.8, 4) is 0 Å². The highest BCUT2D eigenvalue weighted by atomic mass is 16.6. The molecule has 9 heteroatoms. The zero-order valence-electron chi connectivity index (χ0n) is 12.8. The van der Waals surface area contributed by atoms with Gasteiger partial charge in [-0.25, -0.2) is 4.98 Å². The Morgan fingerprint density at radius 3 is 2.43 bits per heavy atom. The molecule has 1 aromatic heterocycles. The summed E-state index contributed by atoms with van der Waals surface area (Å²) >= 11 is 0. The summed E-state index contributed by atoms with van der Waals surface area (Å²) in [5.41, 5.74) is -0.678. The fraction of sp³-hybridized carbons (Fsp3) is 0.583. The molecule has 0 aromatic carbocycles. The van der Waals surface area contributed by atoms with Crippen molar-refractivity contribution in [1.82, 2.24) is 15.3 Å². The van der Waals surface area contributed by atoms with Crippen LogP contribution in [0.1, 0.15) is 19.5 Å². The minimum absolute atomic E-state index is 0.0915. The van der Waals surface area contributed by atoms with Gasteiger partial charge in [0, 0.05) is 20.6 Å². The lowest BCUT2D eigenvalue weighted by Gasteiger charge is -2.23. The van der Waals surface area contributed by atoms with Crippen LogP contribution in [0.3, 0.4) is 0 Å². The Bertz CT molecular complexity index is 558. The van der Waals surface area contributed by atoms with Crippen LogP contribution in [0.5, 0.6) is 0 Å². The quantitative estimate of drug-likeness (QED) is 0.527. The monoisotopic (exact) mass is 296 g/mol. The summed E-state index contributed by atoms with van der Waals surface area (Å²) in [6.07, 6.45) is 0. The van der Waals surface area contributed by atoms with Crippen LogP contribution < -0.4 is 16.0 Å². The first-order chi connectivity index (χ1) is 9.72. The number of hydrogen-bond donors (Lipinski definition) is 3. The van der Waals surface area contributed by atoms with Gasteiger partial charge in [-0.2, -0.15) is 4.98 Å². The summed E-state index contributed by atoms with van der Waals surface area (Å²) in [7, 11) is 3.17. The molecule has 0 spiro atoms. The lowest BCUT2D eigenvalue weighted by molar-refractivity contribution is -0.385. The minimum atomic E-state index is -0.735. The van der Waals surface area contributed by atoms with Gasteiger partial charge in [-0.3, -0.25) is 14.9 Å². The zero-order valence-corrected chi connectivity index (χ0v) is 12.8. The second kappa shape index (κ2) is 6.33. The topological polar surface area (TPSA) is 122 Å². The first-order valence-electron chi connectivity index (χ1n) is 6.39. The van der Waals surface area contributed by atoms with Crippen molar-refractivity contribution in [2.24, 2.45) is 5.41 Å². The summed E-state index contributed by atoms with van der Waals surface area (Å²) in [5, 5.41) is 19.3. The Morgan fingerprint density at radius 2 is 1.95 bits per heavy atom. The van der Waals surface area contributed by atoms with Crippen LogP contribution >= 0.6 is 0 Å². The van der Waals surface area contributed by atoms with Crippen molar-refractivity contribution >= 4 is 23.4 Å². The van der Waals surface area contributed by atoms with E-state index in [0.717, 1.165) is 0 Å². The first kappa shape index (κ1) is 16.6. The lowest BCUT2D eigenvalue weighted by Crippen LogP contribution is -2.39. The molecule has 0 fully saturated rings. The molecule has 1 rings (SSSR count). The zero-order chi connectivity index (χ0) is 16.2. The number of carbonyl (C=O) groups is 1. The molecule has 0 aliphatic carbocycles. The Balaban J connectivity index is 3.09. The molecule has 116 valence electrons. The average Bonchev–Trinajstić information content (AvgIpc) is 2.42. The van der Waals surface area contributed by atoms with E-state index in [1.165, 1.54) is 6.92 Å². The largest absolute Gasteiger partial charge is 0.363 e. The summed E-state index contributed by atoms with van der Waals surface area (Å²) in [6.45, 7) is 5.21. The number of nitrogens with one attached hydrogen (secondary N) is 3. The predicted octanol–water partition coefficient (Wildman–Crippen LogP) is 0.919. The normalized spacial score (nSPS) is 10.9. The third-order valence-electron chi connectivity index (χ3n) is 3.00. The van der Waals surface area contributed by atoms with Gasteiger partial charge in [-0.05, 0) is 20.8 Å². The van der Waals surface area contributed by atoms with Gasteiger partial charge in [-0.15, -0.1) is 0 Å². The molecular weight excluding hydrogens is 276 g/mol. The molecule has 0 saturated heterocycles. The molecule has 21 heavy (non-hydrogen) atoms. The summed E-state index contributed by atoms with van der Waals surface area (Å²) < 4.78 is 0. The number of aryl methyl sites for hydroxylation is 1. The van der Waals surface area contributed by atoms with E-state index in [-0.39, 0.29) is 35.6 Å². The molecule has 0 atom stereocenters. The van der Waals surface area contributed by atoms with E-state index in [1.54, 1.807) is 27.9 Å². The highest BCUT2D eigenvalue weighted by molar-refractivity contribution is 5.82. The van der Waals surface area contributed by atoms with Gasteiger partial charge in [0.25, 0.3) is 0 Å². The maximum Gasteiger partial charge on any atom is 0.332 e. The van der Waals surface area contributed by atoms with E-state index in [0.29, 0.717) is 0 Å². The number of aromatic nitrogens is 2. The molecule has 0 aliphatic rings. The molecule has 0 unspecified atom stereocenters. The van der Waals surface area contributed by atoms with Crippen molar-refractivity contribution in [3.63, 3.8) is 0 Å². The van der Waals surface area contributed by atoms with E-state index in [2.05, 4.69) is 25.9 Å². The molecule has 0 bridgehead atoms. The smallest absolute Gasteiger partial charge is 0.332 e. The highest BCUT2D eigenvalue weighted by Crippen LogP contribution is 2.27. The van der Waals surface area contributed by atoms with Gasteiger partial charge in [0.2, 0.25) is 17.7 Å². The fourth-order valence-electron chi connectivity index (χ4n) is 1.74. The van der Waals surface area contributed by atoms with Crippen LogP contribution in [0.2, 0.25) is 0 Å². The number of rotatable bonds is 6. The van der Waals surface area contributed by atoms with E-state index in [1.807, 2.05) is 0 Å². The van der Waals surface area contributed by atoms with Crippen molar-refractivity contribution in [2.45, 2.75) is 20.8 Å². The standard InChI is InChI=1S/C12H20N6O3/c1-7-8(18(20)21)9(17-11(14-5)16-7)15-6-12(2,3)10(19)13-4/h6H2,1-5H3,(H,13,19)(H2,14,15,16,17). The molecule has 3 N–H and O–H groups in total. The number of amides is 1. The van der Waals surface area contributed by atoms with Crippen molar-refractivity contribution in [3.05, 3.63) is 15.8 Å². The van der Waals surface area contributed by atoms with Gasteiger partial charge in [0.05, 0.1) is 10.3 Å². The minimum Gasteiger partial charge on any atom is -0.363 e.